The monoisotopic (exact) mass is 242 g/mol. The molecule has 0 aliphatic carbocycles. The van der Waals surface area contributed by atoms with Gasteiger partial charge in [0.2, 0.25) is 5.91 Å². The number of esters is 1. The Labute approximate surface area is 102 Å². The molecule has 17 heavy (non-hydrogen) atoms. The van der Waals surface area contributed by atoms with Crippen LogP contribution in [0.15, 0.2) is 0 Å². The number of hydrogen-bond acceptors (Lipinski definition) is 4. The summed E-state index contributed by atoms with van der Waals surface area (Å²) < 4.78 is 4.95. The second kappa shape index (κ2) is 6.59. The first-order valence-corrected chi connectivity index (χ1v) is 6.32. The Balaban J connectivity index is 2.63. The van der Waals surface area contributed by atoms with Crippen molar-refractivity contribution in [2.45, 2.75) is 45.7 Å². The van der Waals surface area contributed by atoms with E-state index in [1.165, 1.54) is 0 Å². The molecule has 0 bridgehead atoms. The van der Waals surface area contributed by atoms with E-state index in [1.807, 2.05) is 6.92 Å². The molecule has 0 aromatic heterocycles. The van der Waals surface area contributed by atoms with Crippen LogP contribution in [0.3, 0.4) is 0 Å². The first-order valence-electron chi connectivity index (χ1n) is 6.32. The van der Waals surface area contributed by atoms with E-state index in [9.17, 15) is 9.59 Å². The van der Waals surface area contributed by atoms with Gasteiger partial charge in [-0.2, -0.15) is 0 Å². The number of nitrogens with zero attached hydrogens (tertiary/aromatic N) is 1. The van der Waals surface area contributed by atoms with Crippen LogP contribution in [-0.4, -0.2) is 48.6 Å². The molecule has 1 fully saturated rings. The minimum absolute atomic E-state index is 0.0126. The van der Waals surface area contributed by atoms with Gasteiger partial charge in [0.1, 0.15) is 6.04 Å². The lowest BCUT2D eigenvalue weighted by atomic mass is 10.0. The van der Waals surface area contributed by atoms with Crippen molar-refractivity contribution >= 4 is 11.9 Å². The van der Waals surface area contributed by atoms with Crippen molar-refractivity contribution in [1.82, 2.24) is 10.2 Å². The van der Waals surface area contributed by atoms with E-state index in [-0.39, 0.29) is 17.9 Å². The number of rotatable bonds is 5. The van der Waals surface area contributed by atoms with Gasteiger partial charge in [-0.15, -0.1) is 0 Å². The Bertz CT molecular complexity index is 279. The second-order valence-corrected chi connectivity index (χ2v) is 4.21. The van der Waals surface area contributed by atoms with E-state index in [0.29, 0.717) is 13.2 Å². The first kappa shape index (κ1) is 14.0. The van der Waals surface area contributed by atoms with Crippen LogP contribution in [0.5, 0.6) is 0 Å². The molecule has 1 amide bonds. The predicted octanol–water partition coefficient (Wildman–Crippen LogP) is 0.539. The third-order valence-electron chi connectivity index (χ3n) is 3.02. The molecule has 0 aromatic carbocycles. The van der Waals surface area contributed by atoms with Crippen molar-refractivity contribution in [3.8, 4) is 0 Å². The average Bonchev–Trinajstić information content (AvgIpc) is 2.31. The highest BCUT2D eigenvalue weighted by atomic mass is 16.5. The summed E-state index contributed by atoms with van der Waals surface area (Å²) in [7, 11) is 0. The molecule has 0 saturated carbocycles. The molecule has 1 N–H and O–H groups in total. The molecule has 2 unspecified atom stereocenters. The summed E-state index contributed by atoms with van der Waals surface area (Å²) >= 11 is 0. The third-order valence-corrected chi connectivity index (χ3v) is 3.02. The number of nitrogens with one attached hydrogen (secondary N) is 1. The smallest absolute Gasteiger partial charge is 0.328 e. The lowest BCUT2D eigenvalue weighted by Gasteiger charge is -2.35. The van der Waals surface area contributed by atoms with Gasteiger partial charge in [0.25, 0.3) is 0 Å². The maximum atomic E-state index is 12.1. The van der Waals surface area contributed by atoms with Gasteiger partial charge < -0.3 is 15.0 Å². The molecule has 0 radical (unpaired) electrons. The molecule has 1 aliphatic heterocycles. The van der Waals surface area contributed by atoms with E-state index in [1.54, 1.807) is 18.7 Å². The number of piperidine rings is 1. The zero-order valence-corrected chi connectivity index (χ0v) is 10.9. The fraction of sp³-hybridized carbons (Fsp3) is 0.833. The van der Waals surface area contributed by atoms with Crippen LogP contribution < -0.4 is 5.32 Å². The quantitative estimate of drug-likeness (QED) is 0.715. The van der Waals surface area contributed by atoms with E-state index < -0.39 is 6.04 Å². The summed E-state index contributed by atoms with van der Waals surface area (Å²) in [6.45, 7) is 7.22. The molecule has 5 heteroatoms. The Morgan fingerprint density at radius 3 is 2.88 bits per heavy atom. The Hall–Kier alpha value is -1.10. The maximum absolute atomic E-state index is 12.1. The minimum atomic E-state index is -0.482. The maximum Gasteiger partial charge on any atom is 0.328 e. The van der Waals surface area contributed by atoms with Gasteiger partial charge in [0, 0.05) is 6.54 Å². The zero-order valence-electron chi connectivity index (χ0n) is 10.9. The van der Waals surface area contributed by atoms with Crippen molar-refractivity contribution < 1.29 is 14.3 Å². The fourth-order valence-corrected chi connectivity index (χ4v) is 2.11. The highest BCUT2D eigenvalue weighted by molar-refractivity contribution is 5.88. The zero-order chi connectivity index (χ0) is 12.8. The predicted molar refractivity (Wildman–Crippen MR) is 64.5 cm³/mol. The van der Waals surface area contributed by atoms with Crippen molar-refractivity contribution in [2.75, 3.05) is 19.7 Å². The molecule has 1 rings (SSSR count). The molecule has 0 aromatic rings. The van der Waals surface area contributed by atoms with E-state index in [0.717, 1.165) is 19.4 Å². The van der Waals surface area contributed by atoms with Crippen LogP contribution in [0, 0.1) is 0 Å². The number of likely N-dealkylation sites (N-methyl/N-ethyl adjacent to an activating group) is 1. The topological polar surface area (TPSA) is 58.6 Å². The van der Waals surface area contributed by atoms with Crippen molar-refractivity contribution in [1.29, 1.82) is 0 Å². The molecular weight excluding hydrogens is 220 g/mol. The van der Waals surface area contributed by atoms with Crippen molar-refractivity contribution in [3.63, 3.8) is 0 Å². The van der Waals surface area contributed by atoms with Gasteiger partial charge in [0.15, 0.2) is 0 Å². The summed E-state index contributed by atoms with van der Waals surface area (Å²) in [6, 6.07) is -0.630. The molecular formula is C12H22N2O3. The summed E-state index contributed by atoms with van der Waals surface area (Å²) in [6.07, 6.45) is 1.77. The van der Waals surface area contributed by atoms with E-state index in [4.69, 9.17) is 4.74 Å². The molecule has 2 atom stereocenters. The average molecular weight is 242 g/mol. The van der Waals surface area contributed by atoms with Crippen LogP contribution >= 0.6 is 0 Å². The Kier molecular flexibility index (Phi) is 5.41. The van der Waals surface area contributed by atoms with Crippen molar-refractivity contribution in [3.05, 3.63) is 0 Å². The second-order valence-electron chi connectivity index (χ2n) is 4.21. The third kappa shape index (κ3) is 3.43. The molecule has 5 nitrogen and oxygen atoms in total. The minimum Gasteiger partial charge on any atom is -0.464 e. The Morgan fingerprint density at radius 2 is 2.29 bits per heavy atom. The van der Waals surface area contributed by atoms with E-state index in [2.05, 4.69) is 5.32 Å². The van der Waals surface area contributed by atoms with Crippen LogP contribution in [0.2, 0.25) is 0 Å². The number of hydrogen-bond donors (Lipinski definition) is 1. The van der Waals surface area contributed by atoms with Gasteiger partial charge in [-0.05, 0) is 33.2 Å². The lowest BCUT2D eigenvalue weighted by Crippen LogP contribution is -2.55. The summed E-state index contributed by atoms with van der Waals surface area (Å²) in [5.41, 5.74) is 0. The van der Waals surface area contributed by atoms with Gasteiger partial charge >= 0.3 is 5.97 Å². The van der Waals surface area contributed by atoms with Gasteiger partial charge in [-0.1, -0.05) is 6.92 Å². The molecule has 1 heterocycles. The molecule has 1 saturated heterocycles. The van der Waals surface area contributed by atoms with Crippen LogP contribution in [0.4, 0.5) is 0 Å². The fourth-order valence-electron chi connectivity index (χ4n) is 2.11. The van der Waals surface area contributed by atoms with Crippen LogP contribution in [-0.2, 0) is 14.3 Å². The number of carbonyl (C=O) groups excluding carboxylic acids is 2. The van der Waals surface area contributed by atoms with Crippen LogP contribution in [0.25, 0.3) is 0 Å². The van der Waals surface area contributed by atoms with Gasteiger partial charge in [-0.25, -0.2) is 4.79 Å². The number of carbonyl (C=O) groups is 2. The van der Waals surface area contributed by atoms with Crippen molar-refractivity contribution in [2.24, 2.45) is 0 Å². The molecule has 98 valence electrons. The lowest BCUT2D eigenvalue weighted by molar-refractivity contribution is -0.156. The largest absolute Gasteiger partial charge is 0.464 e. The van der Waals surface area contributed by atoms with Gasteiger partial charge in [-0.3, -0.25) is 4.79 Å². The first-order chi connectivity index (χ1) is 8.11. The van der Waals surface area contributed by atoms with E-state index >= 15 is 0 Å². The van der Waals surface area contributed by atoms with Gasteiger partial charge in [0.05, 0.1) is 12.6 Å². The highest BCUT2D eigenvalue weighted by Gasteiger charge is 2.34. The number of amides is 1. The van der Waals surface area contributed by atoms with Crippen LogP contribution in [0.1, 0.15) is 33.6 Å². The standard InChI is InChI=1S/C12H22N2O3/c1-4-13-10-7-6-8-14(11(10)15)9(3)12(16)17-5-2/h9-10,13H,4-8H2,1-3H3. The molecule has 1 aliphatic rings. The summed E-state index contributed by atoms with van der Waals surface area (Å²) in [5.74, 6) is -0.309. The molecule has 0 spiro atoms. The summed E-state index contributed by atoms with van der Waals surface area (Å²) in [4.78, 5) is 25.4. The Morgan fingerprint density at radius 1 is 1.59 bits per heavy atom. The SMILES string of the molecule is CCNC1CCCN(C(C)C(=O)OCC)C1=O. The number of likely N-dealkylation sites (tertiary alicyclic amines) is 1. The summed E-state index contributed by atoms with van der Waals surface area (Å²) in [5, 5.41) is 3.15. The highest BCUT2D eigenvalue weighted by Crippen LogP contribution is 2.15. The number of ether oxygens (including phenoxy) is 1. The normalized spacial score (nSPS) is 22.4.